The maximum absolute atomic E-state index is 12.8. The highest BCUT2D eigenvalue weighted by molar-refractivity contribution is 6.20. The van der Waals surface area contributed by atoms with Crippen LogP contribution in [0.5, 0.6) is 0 Å². The fourth-order valence-corrected chi connectivity index (χ4v) is 2.90. The normalized spacial score (nSPS) is 18.3. The molecule has 1 aliphatic heterocycles. The van der Waals surface area contributed by atoms with Crippen molar-refractivity contribution in [2.45, 2.75) is 32.5 Å². The van der Waals surface area contributed by atoms with Gasteiger partial charge in [0.05, 0.1) is 11.4 Å². The minimum absolute atomic E-state index is 0.184. The Hall–Kier alpha value is -2.46. The zero-order chi connectivity index (χ0) is 16.6. The summed E-state index contributed by atoms with van der Waals surface area (Å²) in [5.74, 6) is -0.184. The molecule has 0 bridgehead atoms. The summed E-state index contributed by atoms with van der Waals surface area (Å²) in [4.78, 5) is 19.1. The molecular weight excluding hydrogens is 286 g/mol. The first-order valence-corrected chi connectivity index (χ1v) is 7.72. The van der Waals surface area contributed by atoms with Crippen LogP contribution in [0.25, 0.3) is 0 Å². The van der Waals surface area contributed by atoms with Crippen LogP contribution in [0.15, 0.2) is 59.6 Å². The highest BCUT2D eigenvalue weighted by atomic mass is 16.2. The number of hydrogen-bond donors (Lipinski definition) is 1. The summed E-state index contributed by atoms with van der Waals surface area (Å²) in [6, 6.07) is 17.7. The van der Waals surface area contributed by atoms with E-state index in [1.54, 1.807) is 4.90 Å². The highest BCUT2D eigenvalue weighted by Crippen LogP contribution is 2.32. The Morgan fingerprint density at radius 3 is 2.26 bits per heavy atom. The molecule has 23 heavy (non-hydrogen) atoms. The number of anilines is 1. The van der Waals surface area contributed by atoms with Crippen molar-refractivity contribution in [1.82, 2.24) is 0 Å². The van der Waals surface area contributed by atoms with Crippen LogP contribution in [-0.4, -0.2) is 23.3 Å². The number of amides is 1. The second kappa shape index (κ2) is 5.63. The minimum Gasteiger partial charge on any atom is -0.303 e. The summed E-state index contributed by atoms with van der Waals surface area (Å²) >= 11 is 0. The SMILES string of the molecule is CC(C)(C)N1C(=O)[C@H](N)N=C(c2ccccc2)c2ccccc21. The minimum atomic E-state index is -0.906. The molecular formula is C19H21N3O. The van der Waals surface area contributed by atoms with E-state index in [4.69, 9.17) is 5.73 Å². The largest absolute Gasteiger partial charge is 0.303 e. The molecule has 118 valence electrons. The fourth-order valence-electron chi connectivity index (χ4n) is 2.90. The van der Waals surface area contributed by atoms with E-state index in [9.17, 15) is 4.79 Å². The second-order valence-electron chi connectivity index (χ2n) is 6.65. The first-order valence-electron chi connectivity index (χ1n) is 7.72. The van der Waals surface area contributed by atoms with E-state index < -0.39 is 6.17 Å². The lowest BCUT2D eigenvalue weighted by Crippen LogP contribution is -2.51. The number of para-hydroxylation sites is 1. The van der Waals surface area contributed by atoms with Crippen molar-refractivity contribution in [1.29, 1.82) is 0 Å². The summed E-state index contributed by atoms with van der Waals surface area (Å²) in [5.41, 5.74) is 9.20. The van der Waals surface area contributed by atoms with E-state index in [-0.39, 0.29) is 11.4 Å². The monoisotopic (exact) mass is 307 g/mol. The molecule has 1 atom stereocenters. The molecule has 0 aliphatic carbocycles. The Morgan fingerprint density at radius 2 is 1.61 bits per heavy atom. The number of carbonyl (C=O) groups is 1. The number of nitrogens with two attached hydrogens (primary N) is 1. The quantitative estimate of drug-likeness (QED) is 0.880. The van der Waals surface area contributed by atoms with Crippen molar-refractivity contribution >= 4 is 17.3 Å². The highest BCUT2D eigenvalue weighted by Gasteiger charge is 2.36. The van der Waals surface area contributed by atoms with Crippen LogP contribution in [0.3, 0.4) is 0 Å². The van der Waals surface area contributed by atoms with Crippen LogP contribution in [0, 0.1) is 0 Å². The third-order valence-electron chi connectivity index (χ3n) is 3.86. The summed E-state index contributed by atoms with van der Waals surface area (Å²) < 4.78 is 0. The third-order valence-corrected chi connectivity index (χ3v) is 3.86. The maximum atomic E-state index is 12.8. The maximum Gasteiger partial charge on any atom is 0.266 e. The van der Waals surface area contributed by atoms with E-state index in [2.05, 4.69) is 4.99 Å². The van der Waals surface area contributed by atoms with E-state index in [1.165, 1.54) is 0 Å². The van der Waals surface area contributed by atoms with Crippen molar-refractivity contribution in [3.8, 4) is 0 Å². The lowest BCUT2D eigenvalue weighted by atomic mass is 9.97. The Kier molecular flexibility index (Phi) is 3.78. The molecule has 2 aromatic carbocycles. The number of aliphatic imine (C=N–C) groups is 1. The number of hydrogen-bond acceptors (Lipinski definition) is 3. The molecule has 0 saturated heterocycles. The van der Waals surface area contributed by atoms with Gasteiger partial charge in [-0.3, -0.25) is 9.79 Å². The van der Waals surface area contributed by atoms with Gasteiger partial charge < -0.3 is 10.6 Å². The number of nitrogens with zero attached hydrogens (tertiary/aromatic N) is 2. The predicted molar refractivity (Wildman–Crippen MR) is 93.7 cm³/mol. The van der Waals surface area contributed by atoms with Gasteiger partial charge in [-0.05, 0) is 26.8 Å². The molecule has 0 saturated carbocycles. The molecule has 0 aromatic heterocycles. The van der Waals surface area contributed by atoms with Gasteiger partial charge in [-0.1, -0.05) is 48.5 Å². The van der Waals surface area contributed by atoms with Gasteiger partial charge in [0.1, 0.15) is 0 Å². The summed E-state index contributed by atoms with van der Waals surface area (Å²) in [6.07, 6.45) is -0.906. The molecule has 1 amide bonds. The van der Waals surface area contributed by atoms with Crippen molar-refractivity contribution < 1.29 is 4.79 Å². The lowest BCUT2D eigenvalue weighted by molar-refractivity contribution is -0.120. The molecule has 0 radical (unpaired) electrons. The van der Waals surface area contributed by atoms with E-state index in [0.717, 1.165) is 22.5 Å². The van der Waals surface area contributed by atoms with E-state index >= 15 is 0 Å². The fraction of sp³-hybridized carbons (Fsp3) is 0.263. The zero-order valence-electron chi connectivity index (χ0n) is 13.7. The topological polar surface area (TPSA) is 58.7 Å². The summed E-state index contributed by atoms with van der Waals surface area (Å²) in [5, 5.41) is 0. The van der Waals surface area contributed by atoms with Crippen molar-refractivity contribution in [3.63, 3.8) is 0 Å². The molecule has 1 aliphatic rings. The van der Waals surface area contributed by atoms with Gasteiger partial charge in [-0.25, -0.2) is 0 Å². The molecule has 0 unspecified atom stereocenters. The van der Waals surface area contributed by atoms with Gasteiger partial charge in [0.2, 0.25) is 0 Å². The molecule has 3 rings (SSSR count). The van der Waals surface area contributed by atoms with Gasteiger partial charge in [0.15, 0.2) is 6.17 Å². The number of carbonyl (C=O) groups excluding carboxylic acids is 1. The Labute approximate surface area is 136 Å². The first kappa shape index (κ1) is 15.4. The standard InChI is InChI=1S/C19H21N3O/c1-19(2,3)22-15-12-8-7-11-14(15)16(21-17(20)18(22)23)13-9-5-4-6-10-13/h4-12,17H,20H2,1-3H3/t17-/m1/s1. The number of rotatable bonds is 1. The molecule has 4 heteroatoms. The first-order chi connectivity index (χ1) is 10.9. The van der Waals surface area contributed by atoms with Crippen LogP contribution >= 0.6 is 0 Å². The van der Waals surface area contributed by atoms with Crippen LogP contribution < -0.4 is 10.6 Å². The Morgan fingerprint density at radius 1 is 1.00 bits per heavy atom. The average molecular weight is 307 g/mol. The van der Waals surface area contributed by atoms with Crippen molar-refractivity contribution in [2.24, 2.45) is 10.7 Å². The van der Waals surface area contributed by atoms with E-state index in [0.29, 0.717) is 0 Å². The molecule has 4 nitrogen and oxygen atoms in total. The van der Waals surface area contributed by atoms with Crippen LogP contribution in [0.1, 0.15) is 31.9 Å². The van der Waals surface area contributed by atoms with Crippen molar-refractivity contribution in [3.05, 3.63) is 65.7 Å². The zero-order valence-corrected chi connectivity index (χ0v) is 13.7. The Balaban J connectivity index is 2.26. The molecule has 0 spiro atoms. The smallest absolute Gasteiger partial charge is 0.266 e. The second-order valence-corrected chi connectivity index (χ2v) is 6.65. The molecule has 2 aromatic rings. The van der Waals surface area contributed by atoms with Gasteiger partial charge in [0.25, 0.3) is 5.91 Å². The van der Waals surface area contributed by atoms with Crippen LogP contribution in [0.4, 0.5) is 5.69 Å². The molecule has 0 fully saturated rings. The van der Waals surface area contributed by atoms with Crippen LogP contribution in [-0.2, 0) is 4.79 Å². The summed E-state index contributed by atoms with van der Waals surface area (Å²) in [6.45, 7) is 6.01. The third kappa shape index (κ3) is 2.78. The number of benzodiazepines with no additional fused rings is 1. The van der Waals surface area contributed by atoms with Gasteiger partial charge in [0, 0.05) is 16.7 Å². The molecule has 2 N–H and O–H groups in total. The van der Waals surface area contributed by atoms with E-state index in [1.807, 2.05) is 75.4 Å². The van der Waals surface area contributed by atoms with Crippen LogP contribution in [0.2, 0.25) is 0 Å². The number of benzene rings is 2. The predicted octanol–water partition coefficient (Wildman–Crippen LogP) is 2.95. The van der Waals surface area contributed by atoms with Gasteiger partial charge in [-0.2, -0.15) is 0 Å². The molecule has 1 heterocycles. The number of fused-ring (bicyclic) bond motifs is 1. The lowest BCUT2D eigenvalue weighted by Gasteiger charge is -2.36. The van der Waals surface area contributed by atoms with Crippen molar-refractivity contribution in [2.75, 3.05) is 4.90 Å². The average Bonchev–Trinajstić information content (AvgIpc) is 2.63. The Bertz CT molecular complexity index is 760. The van der Waals surface area contributed by atoms with Gasteiger partial charge in [-0.15, -0.1) is 0 Å². The van der Waals surface area contributed by atoms with Gasteiger partial charge >= 0.3 is 0 Å². The summed E-state index contributed by atoms with van der Waals surface area (Å²) in [7, 11) is 0.